The van der Waals surface area contributed by atoms with Crippen LogP contribution < -0.4 is 9.64 Å². The molecule has 5 heteroatoms. The molecule has 0 aromatic heterocycles. The van der Waals surface area contributed by atoms with Gasteiger partial charge in [-0.1, -0.05) is 42.5 Å². The van der Waals surface area contributed by atoms with Crippen LogP contribution in [0.1, 0.15) is 39.7 Å². The Morgan fingerprint density at radius 1 is 1.00 bits per heavy atom. The third kappa shape index (κ3) is 6.12. The van der Waals surface area contributed by atoms with Crippen molar-refractivity contribution in [1.82, 2.24) is 4.90 Å². The third-order valence-electron chi connectivity index (χ3n) is 4.40. The predicted octanol–water partition coefficient (Wildman–Crippen LogP) is 4.27. The van der Waals surface area contributed by atoms with Gasteiger partial charge in [0.1, 0.15) is 5.75 Å². The SMILES string of the molecule is CCN(Cc1ccccc1)C(=O)CCN(C(C)=O)c1ccccc1OC(C)C. The predicted molar refractivity (Wildman–Crippen MR) is 112 cm³/mol. The van der Waals surface area contributed by atoms with Crippen molar-refractivity contribution in [3.8, 4) is 5.75 Å². The van der Waals surface area contributed by atoms with Crippen molar-refractivity contribution in [3.63, 3.8) is 0 Å². The summed E-state index contributed by atoms with van der Waals surface area (Å²) in [7, 11) is 0. The second-order valence-electron chi connectivity index (χ2n) is 6.95. The Labute approximate surface area is 167 Å². The Balaban J connectivity index is 2.08. The van der Waals surface area contributed by atoms with Gasteiger partial charge in [-0.25, -0.2) is 0 Å². The summed E-state index contributed by atoms with van der Waals surface area (Å²) in [4.78, 5) is 28.5. The average Bonchev–Trinajstić information content (AvgIpc) is 2.67. The first-order valence-electron chi connectivity index (χ1n) is 9.77. The summed E-state index contributed by atoms with van der Waals surface area (Å²) in [6, 6.07) is 17.4. The molecule has 0 N–H and O–H groups in total. The maximum Gasteiger partial charge on any atom is 0.224 e. The summed E-state index contributed by atoms with van der Waals surface area (Å²) in [5.41, 5.74) is 1.79. The maximum absolute atomic E-state index is 12.8. The number of rotatable bonds is 9. The minimum Gasteiger partial charge on any atom is -0.489 e. The number of amides is 2. The molecule has 28 heavy (non-hydrogen) atoms. The van der Waals surface area contributed by atoms with E-state index in [0.29, 0.717) is 31.1 Å². The Hall–Kier alpha value is -2.82. The van der Waals surface area contributed by atoms with E-state index in [0.717, 1.165) is 5.56 Å². The summed E-state index contributed by atoms with van der Waals surface area (Å²) in [6.45, 7) is 8.89. The highest BCUT2D eigenvalue weighted by Crippen LogP contribution is 2.29. The molecule has 0 aliphatic rings. The molecule has 0 aliphatic heterocycles. The number of carbonyl (C=O) groups excluding carboxylic acids is 2. The van der Waals surface area contributed by atoms with Crippen molar-refractivity contribution in [2.45, 2.75) is 46.8 Å². The van der Waals surface area contributed by atoms with E-state index < -0.39 is 0 Å². The second-order valence-corrected chi connectivity index (χ2v) is 6.95. The van der Waals surface area contributed by atoms with E-state index in [-0.39, 0.29) is 24.3 Å². The first-order valence-corrected chi connectivity index (χ1v) is 9.77. The summed E-state index contributed by atoms with van der Waals surface area (Å²) in [5.74, 6) is 0.565. The fraction of sp³-hybridized carbons (Fsp3) is 0.391. The molecule has 0 atom stereocenters. The van der Waals surface area contributed by atoms with Gasteiger partial charge in [-0.05, 0) is 38.5 Å². The van der Waals surface area contributed by atoms with Gasteiger partial charge in [0.15, 0.2) is 0 Å². The quantitative estimate of drug-likeness (QED) is 0.651. The summed E-state index contributed by atoms with van der Waals surface area (Å²) >= 11 is 0. The average molecular weight is 383 g/mol. The van der Waals surface area contributed by atoms with Gasteiger partial charge in [-0.2, -0.15) is 0 Å². The Kier molecular flexibility index (Phi) is 8.05. The maximum atomic E-state index is 12.8. The molecular weight excluding hydrogens is 352 g/mol. The monoisotopic (exact) mass is 382 g/mol. The molecule has 2 amide bonds. The molecule has 5 nitrogen and oxygen atoms in total. The normalized spacial score (nSPS) is 10.6. The van der Waals surface area contributed by atoms with E-state index >= 15 is 0 Å². The molecule has 0 bridgehead atoms. The van der Waals surface area contributed by atoms with E-state index in [2.05, 4.69) is 0 Å². The van der Waals surface area contributed by atoms with Crippen LogP contribution in [0, 0.1) is 0 Å². The van der Waals surface area contributed by atoms with Crippen LogP contribution in [-0.4, -0.2) is 35.9 Å². The number of anilines is 1. The molecule has 0 heterocycles. The fourth-order valence-electron chi connectivity index (χ4n) is 3.03. The number of ether oxygens (including phenoxy) is 1. The van der Waals surface area contributed by atoms with E-state index in [4.69, 9.17) is 4.74 Å². The van der Waals surface area contributed by atoms with Crippen molar-refractivity contribution >= 4 is 17.5 Å². The number of carbonyl (C=O) groups is 2. The van der Waals surface area contributed by atoms with Crippen molar-refractivity contribution in [2.24, 2.45) is 0 Å². The van der Waals surface area contributed by atoms with Gasteiger partial charge in [0.25, 0.3) is 0 Å². The lowest BCUT2D eigenvalue weighted by Crippen LogP contribution is -2.36. The molecule has 0 aliphatic carbocycles. The lowest BCUT2D eigenvalue weighted by Gasteiger charge is -2.26. The highest BCUT2D eigenvalue weighted by atomic mass is 16.5. The van der Waals surface area contributed by atoms with Crippen LogP contribution >= 0.6 is 0 Å². The zero-order valence-electron chi connectivity index (χ0n) is 17.2. The lowest BCUT2D eigenvalue weighted by atomic mass is 10.2. The van der Waals surface area contributed by atoms with Gasteiger partial charge in [0, 0.05) is 33.0 Å². The molecule has 0 saturated carbocycles. The second kappa shape index (κ2) is 10.5. The Bertz CT molecular complexity index is 774. The van der Waals surface area contributed by atoms with Crippen LogP contribution in [0.5, 0.6) is 5.75 Å². The lowest BCUT2D eigenvalue weighted by molar-refractivity contribution is -0.131. The topological polar surface area (TPSA) is 49.9 Å². The van der Waals surface area contributed by atoms with Crippen LogP contribution in [0.3, 0.4) is 0 Å². The first-order chi connectivity index (χ1) is 13.4. The fourth-order valence-corrected chi connectivity index (χ4v) is 3.03. The molecule has 2 rings (SSSR count). The molecule has 0 spiro atoms. The molecule has 0 unspecified atom stereocenters. The van der Waals surface area contributed by atoms with Crippen LogP contribution in [-0.2, 0) is 16.1 Å². The van der Waals surface area contributed by atoms with Gasteiger partial charge >= 0.3 is 0 Å². The zero-order chi connectivity index (χ0) is 20.5. The van der Waals surface area contributed by atoms with Gasteiger partial charge in [-0.3, -0.25) is 9.59 Å². The van der Waals surface area contributed by atoms with Crippen LogP contribution in [0.4, 0.5) is 5.69 Å². The van der Waals surface area contributed by atoms with Crippen LogP contribution in [0.15, 0.2) is 54.6 Å². The smallest absolute Gasteiger partial charge is 0.224 e. The van der Waals surface area contributed by atoms with Gasteiger partial charge < -0.3 is 14.5 Å². The van der Waals surface area contributed by atoms with Gasteiger partial charge in [-0.15, -0.1) is 0 Å². The standard InChI is InChI=1S/C23H30N2O3/c1-5-24(17-20-11-7-6-8-12-20)23(27)15-16-25(19(4)26)21-13-9-10-14-22(21)28-18(2)3/h6-14,18H,5,15-17H2,1-4H3. The van der Waals surface area contributed by atoms with Gasteiger partial charge in [0.2, 0.25) is 11.8 Å². The van der Waals surface area contributed by atoms with Crippen molar-refractivity contribution in [3.05, 3.63) is 60.2 Å². The number of hydrogen-bond acceptors (Lipinski definition) is 3. The highest BCUT2D eigenvalue weighted by Gasteiger charge is 2.20. The van der Waals surface area contributed by atoms with Crippen molar-refractivity contribution in [2.75, 3.05) is 18.0 Å². The van der Waals surface area contributed by atoms with Crippen molar-refractivity contribution in [1.29, 1.82) is 0 Å². The number of nitrogens with zero attached hydrogens (tertiary/aromatic N) is 2. The molecule has 2 aromatic rings. The molecule has 0 radical (unpaired) electrons. The molecule has 0 saturated heterocycles. The third-order valence-corrected chi connectivity index (χ3v) is 4.40. The number of para-hydroxylation sites is 2. The Morgan fingerprint density at radius 2 is 1.64 bits per heavy atom. The van der Waals surface area contributed by atoms with Crippen molar-refractivity contribution < 1.29 is 14.3 Å². The zero-order valence-corrected chi connectivity index (χ0v) is 17.2. The molecule has 2 aromatic carbocycles. The van der Waals surface area contributed by atoms with E-state index in [1.54, 1.807) is 4.90 Å². The molecule has 150 valence electrons. The minimum atomic E-state index is -0.112. The minimum absolute atomic E-state index is 0.00181. The first kappa shape index (κ1) is 21.5. The molecule has 0 fully saturated rings. The van der Waals surface area contributed by atoms with Crippen LogP contribution in [0.2, 0.25) is 0 Å². The van der Waals surface area contributed by atoms with E-state index in [9.17, 15) is 9.59 Å². The van der Waals surface area contributed by atoms with E-state index in [1.165, 1.54) is 6.92 Å². The summed E-state index contributed by atoms with van der Waals surface area (Å²) < 4.78 is 5.84. The summed E-state index contributed by atoms with van der Waals surface area (Å²) in [6.07, 6.45) is 0.258. The highest BCUT2D eigenvalue weighted by molar-refractivity contribution is 5.93. The number of benzene rings is 2. The largest absolute Gasteiger partial charge is 0.489 e. The van der Waals surface area contributed by atoms with E-state index in [1.807, 2.05) is 80.3 Å². The number of hydrogen-bond donors (Lipinski definition) is 0. The summed E-state index contributed by atoms with van der Waals surface area (Å²) in [5, 5.41) is 0. The Morgan fingerprint density at radius 3 is 2.25 bits per heavy atom. The molecular formula is C23H30N2O3. The van der Waals surface area contributed by atoms with Gasteiger partial charge in [0.05, 0.1) is 11.8 Å². The van der Waals surface area contributed by atoms with Crippen LogP contribution in [0.25, 0.3) is 0 Å².